The van der Waals surface area contributed by atoms with Crippen molar-refractivity contribution in [3.8, 4) is 0 Å². The molecule has 1 saturated heterocycles. The predicted octanol–water partition coefficient (Wildman–Crippen LogP) is 1.41. The van der Waals surface area contributed by atoms with E-state index in [0.717, 1.165) is 6.54 Å². The van der Waals surface area contributed by atoms with Crippen LogP contribution in [0.4, 0.5) is 4.39 Å². The molecule has 0 unspecified atom stereocenters. The molecular formula is C15H23FN2O3S. The molecule has 1 atom stereocenters. The number of halogens is 1. The molecule has 7 heteroatoms. The average Bonchev–Trinajstić information content (AvgIpc) is 2.48. The summed E-state index contributed by atoms with van der Waals surface area (Å²) in [6.07, 6.45) is 0. The van der Waals surface area contributed by atoms with Gasteiger partial charge < -0.3 is 9.64 Å². The average molecular weight is 330 g/mol. The summed E-state index contributed by atoms with van der Waals surface area (Å²) in [7, 11) is -1.84. The van der Waals surface area contributed by atoms with E-state index in [1.165, 1.54) is 28.6 Å². The van der Waals surface area contributed by atoms with Gasteiger partial charge in [0, 0.05) is 46.4 Å². The van der Waals surface area contributed by atoms with Crippen LogP contribution in [-0.4, -0.2) is 64.1 Å². The molecule has 124 valence electrons. The minimum atomic E-state index is -3.53. The standard InChI is InChI=1S/C15H23FN2O3S/c1-13(12-21-2)11-17-7-9-18(10-8-17)22(19,20)15-5-3-14(16)4-6-15/h3-6,13H,7-12H2,1-2H3/t13-/m1/s1. The van der Waals surface area contributed by atoms with Gasteiger partial charge in [-0.1, -0.05) is 6.92 Å². The molecule has 0 aromatic heterocycles. The lowest BCUT2D eigenvalue weighted by Gasteiger charge is -2.35. The van der Waals surface area contributed by atoms with E-state index in [1.54, 1.807) is 7.11 Å². The number of rotatable bonds is 6. The van der Waals surface area contributed by atoms with Gasteiger partial charge in [0.1, 0.15) is 5.82 Å². The molecule has 0 N–H and O–H groups in total. The maximum Gasteiger partial charge on any atom is 0.243 e. The molecule has 0 saturated carbocycles. The van der Waals surface area contributed by atoms with Gasteiger partial charge in [-0.2, -0.15) is 4.31 Å². The number of sulfonamides is 1. The monoisotopic (exact) mass is 330 g/mol. The Morgan fingerprint density at radius 1 is 1.18 bits per heavy atom. The van der Waals surface area contributed by atoms with E-state index < -0.39 is 15.8 Å². The molecule has 0 spiro atoms. The minimum absolute atomic E-state index is 0.148. The van der Waals surface area contributed by atoms with Gasteiger partial charge >= 0.3 is 0 Å². The smallest absolute Gasteiger partial charge is 0.243 e. The van der Waals surface area contributed by atoms with Crippen molar-refractivity contribution in [1.29, 1.82) is 0 Å². The van der Waals surface area contributed by atoms with Crippen molar-refractivity contribution in [3.63, 3.8) is 0 Å². The van der Waals surface area contributed by atoms with E-state index in [0.29, 0.717) is 38.7 Å². The molecule has 1 aliphatic rings. The minimum Gasteiger partial charge on any atom is -0.384 e. The lowest BCUT2D eigenvalue weighted by molar-refractivity contribution is 0.112. The summed E-state index contributed by atoms with van der Waals surface area (Å²) in [4.78, 5) is 2.40. The molecule has 0 radical (unpaired) electrons. The summed E-state index contributed by atoms with van der Waals surface area (Å²) in [5.41, 5.74) is 0. The van der Waals surface area contributed by atoms with Gasteiger partial charge in [-0.15, -0.1) is 0 Å². The molecule has 0 bridgehead atoms. The van der Waals surface area contributed by atoms with Crippen LogP contribution in [0, 0.1) is 11.7 Å². The van der Waals surface area contributed by atoms with Gasteiger partial charge in [0.2, 0.25) is 10.0 Å². The Kier molecular flexibility index (Phi) is 5.91. The first-order valence-electron chi connectivity index (χ1n) is 7.40. The first kappa shape index (κ1) is 17.3. The fourth-order valence-corrected chi connectivity index (χ4v) is 4.11. The molecule has 0 aliphatic carbocycles. The third-order valence-electron chi connectivity index (χ3n) is 3.80. The molecule has 1 fully saturated rings. The van der Waals surface area contributed by atoms with Crippen molar-refractivity contribution in [3.05, 3.63) is 30.1 Å². The highest BCUT2D eigenvalue weighted by molar-refractivity contribution is 7.89. The Morgan fingerprint density at radius 3 is 2.32 bits per heavy atom. The second-order valence-electron chi connectivity index (χ2n) is 5.72. The van der Waals surface area contributed by atoms with Gasteiger partial charge in [-0.25, -0.2) is 12.8 Å². The van der Waals surface area contributed by atoms with Crippen LogP contribution in [0.1, 0.15) is 6.92 Å². The second-order valence-corrected chi connectivity index (χ2v) is 7.66. The summed E-state index contributed by atoms with van der Waals surface area (Å²) in [6.45, 7) is 6.04. The molecule has 22 heavy (non-hydrogen) atoms. The lowest BCUT2D eigenvalue weighted by Crippen LogP contribution is -2.49. The predicted molar refractivity (Wildman–Crippen MR) is 82.6 cm³/mol. The van der Waals surface area contributed by atoms with Crippen molar-refractivity contribution < 1.29 is 17.5 Å². The van der Waals surface area contributed by atoms with E-state index in [-0.39, 0.29) is 4.90 Å². The zero-order chi connectivity index (χ0) is 16.2. The van der Waals surface area contributed by atoms with E-state index >= 15 is 0 Å². The number of piperazine rings is 1. The van der Waals surface area contributed by atoms with E-state index in [1.807, 2.05) is 0 Å². The van der Waals surface area contributed by atoms with Crippen molar-refractivity contribution in [2.45, 2.75) is 11.8 Å². The fourth-order valence-electron chi connectivity index (χ4n) is 2.69. The van der Waals surface area contributed by atoms with Crippen molar-refractivity contribution in [1.82, 2.24) is 9.21 Å². The first-order valence-corrected chi connectivity index (χ1v) is 8.84. The number of methoxy groups -OCH3 is 1. The summed E-state index contributed by atoms with van der Waals surface area (Å²) < 4.78 is 44.5. The number of benzene rings is 1. The number of ether oxygens (including phenoxy) is 1. The van der Waals surface area contributed by atoms with Crippen molar-refractivity contribution in [2.24, 2.45) is 5.92 Å². The highest BCUT2D eigenvalue weighted by Gasteiger charge is 2.28. The SMILES string of the molecule is COC[C@H](C)CN1CCN(S(=O)(=O)c2ccc(F)cc2)CC1. The van der Waals surface area contributed by atoms with Gasteiger partial charge in [0.25, 0.3) is 0 Å². The zero-order valence-corrected chi connectivity index (χ0v) is 13.9. The molecule has 1 aromatic rings. The second kappa shape index (κ2) is 7.50. The molecule has 2 rings (SSSR count). The van der Waals surface area contributed by atoms with Crippen LogP contribution in [0.5, 0.6) is 0 Å². The van der Waals surface area contributed by atoms with Crippen LogP contribution in [0.25, 0.3) is 0 Å². The molecule has 1 aromatic carbocycles. The van der Waals surface area contributed by atoms with Gasteiger partial charge in [-0.05, 0) is 30.2 Å². The Morgan fingerprint density at radius 2 is 1.77 bits per heavy atom. The van der Waals surface area contributed by atoms with Crippen LogP contribution >= 0.6 is 0 Å². The highest BCUT2D eigenvalue weighted by atomic mass is 32.2. The van der Waals surface area contributed by atoms with Crippen LogP contribution in [0.2, 0.25) is 0 Å². The number of hydrogen-bond donors (Lipinski definition) is 0. The third kappa shape index (κ3) is 4.25. The highest BCUT2D eigenvalue weighted by Crippen LogP contribution is 2.18. The van der Waals surface area contributed by atoms with Crippen molar-refractivity contribution in [2.75, 3.05) is 46.4 Å². The fraction of sp³-hybridized carbons (Fsp3) is 0.600. The van der Waals surface area contributed by atoms with Gasteiger partial charge in [0.05, 0.1) is 4.90 Å². The normalized spacial score (nSPS) is 19.2. The Balaban J connectivity index is 1.94. The third-order valence-corrected chi connectivity index (χ3v) is 5.72. The Hall–Kier alpha value is -1.02. The van der Waals surface area contributed by atoms with Crippen LogP contribution in [-0.2, 0) is 14.8 Å². The Labute approximate surface area is 131 Å². The van der Waals surface area contributed by atoms with Crippen LogP contribution in [0.15, 0.2) is 29.2 Å². The summed E-state index contributed by atoms with van der Waals surface area (Å²) in [5.74, 6) is -0.0128. The topological polar surface area (TPSA) is 49.9 Å². The lowest BCUT2D eigenvalue weighted by atomic mass is 10.2. The zero-order valence-electron chi connectivity index (χ0n) is 13.0. The van der Waals surface area contributed by atoms with Crippen LogP contribution < -0.4 is 0 Å². The number of nitrogens with zero attached hydrogens (tertiary/aromatic N) is 2. The maximum absolute atomic E-state index is 12.9. The molecule has 0 amide bonds. The summed E-state index contributed by atoms with van der Waals surface area (Å²) in [5, 5.41) is 0. The molecule has 1 heterocycles. The van der Waals surface area contributed by atoms with Crippen molar-refractivity contribution >= 4 is 10.0 Å². The van der Waals surface area contributed by atoms with E-state index in [4.69, 9.17) is 4.74 Å². The van der Waals surface area contributed by atoms with Crippen LogP contribution in [0.3, 0.4) is 0 Å². The van der Waals surface area contributed by atoms with E-state index in [9.17, 15) is 12.8 Å². The van der Waals surface area contributed by atoms with Gasteiger partial charge in [0.15, 0.2) is 0 Å². The Bertz CT molecular complexity index is 569. The molecule has 5 nitrogen and oxygen atoms in total. The molecule has 1 aliphatic heterocycles. The first-order chi connectivity index (χ1) is 10.4. The number of hydrogen-bond acceptors (Lipinski definition) is 4. The summed E-state index contributed by atoms with van der Waals surface area (Å²) >= 11 is 0. The van der Waals surface area contributed by atoms with Gasteiger partial charge in [-0.3, -0.25) is 0 Å². The quantitative estimate of drug-likeness (QED) is 0.791. The maximum atomic E-state index is 12.9. The molecular weight excluding hydrogens is 307 g/mol. The summed E-state index contributed by atoms with van der Waals surface area (Å²) in [6, 6.07) is 4.99. The van der Waals surface area contributed by atoms with E-state index in [2.05, 4.69) is 11.8 Å². The largest absolute Gasteiger partial charge is 0.384 e.